The molecule has 102 valence electrons. The van der Waals surface area contributed by atoms with E-state index >= 15 is 0 Å². The minimum absolute atomic E-state index is 0.155. The Labute approximate surface area is 112 Å². The first kappa shape index (κ1) is 13.7. The van der Waals surface area contributed by atoms with Gasteiger partial charge in [0.1, 0.15) is 13.2 Å². The molecule has 0 saturated carbocycles. The summed E-state index contributed by atoms with van der Waals surface area (Å²) in [5.74, 6) is 1.20. The van der Waals surface area contributed by atoms with Gasteiger partial charge in [0, 0.05) is 5.69 Å². The number of aliphatic hydroxyl groups excluding tert-OH is 1. The van der Waals surface area contributed by atoms with E-state index in [2.05, 4.69) is 10.2 Å². The summed E-state index contributed by atoms with van der Waals surface area (Å²) in [6.07, 6.45) is 0. The lowest BCUT2D eigenvalue weighted by atomic mass is 10.2. The van der Waals surface area contributed by atoms with Gasteiger partial charge in [-0.3, -0.25) is 4.57 Å². The fourth-order valence-electron chi connectivity index (χ4n) is 1.71. The summed E-state index contributed by atoms with van der Waals surface area (Å²) in [5.41, 5.74) is 0.677. The van der Waals surface area contributed by atoms with Crippen molar-refractivity contribution < 1.29 is 9.84 Å². The van der Waals surface area contributed by atoms with Gasteiger partial charge < -0.3 is 9.84 Å². The summed E-state index contributed by atoms with van der Waals surface area (Å²) >= 11 is 0. The summed E-state index contributed by atoms with van der Waals surface area (Å²) in [6, 6.07) is 9.71. The largest absolute Gasteiger partial charge is 0.388 e. The van der Waals surface area contributed by atoms with Crippen molar-refractivity contribution in [3.63, 3.8) is 0 Å². The van der Waals surface area contributed by atoms with Crippen LogP contribution in [0.15, 0.2) is 30.3 Å². The highest BCUT2D eigenvalue weighted by molar-refractivity contribution is 5.33. The number of aliphatic hydroxyl groups is 1. The molecule has 0 fully saturated rings. The molecule has 0 aliphatic rings. The molecule has 0 radical (unpaired) electrons. The van der Waals surface area contributed by atoms with E-state index < -0.39 is 0 Å². The molecular weight excluding hydrogens is 242 g/mol. The van der Waals surface area contributed by atoms with Gasteiger partial charge in [-0.25, -0.2) is 0 Å². The van der Waals surface area contributed by atoms with Crippen LogP contribution in [0.5, 0.6) is 0 Å². The minimum Gasteiger partial charge on any atom is -0.388 e. The number of hydrogen-bond donors (Lipinski definition) is 1. The van der Waals surface area contributed by atoms with Crippen molar-refractivity contribution >= 4 is 0 Å². The lowest BCUT2D eigenvalue weighted by Gasteiger charge is -2.19. The second-order valence-electron chi connectivity index (χ2n) is 5.26. The van der Waals surface area contributed by atoms with E-state index in [9.17, 15) is 5.11 Å². The van der Waals surface area contributed by atoms with E-state index in [0.29, 0.717) is 18.3 Å². The van der Waals surface area contributed by atoms with Crippen LogP contribution in [0.1, 0.15) is 32.4 Å². The molecule has 2 rings (SSSR count). The van der Waals surface area contributed by atoms with Crippen LogP contribution in [-0.2, 0) is 18.0 Å². The number of ether oxygens (including phenoxy) is 1. The molecule has 5 nitrogen and oxygen atoms in total. The lowest BCUT2D eigenvalue weighted by molar-refractivity contribution is -0.0188. The maximum absolute atomic E-state index is 9.36. The first-order valence-electron chi connectivity index (χ1n) is 6.24. The first-order chi connectivity index (χ1) is 9.01. The summed E-state index contributed by atoms with van der Waals surface area (Å²) < 4.78 is 7.56. The summed E-state index contributed by atoms with van der Waals surface area (Å²) in [4.78, 5) is 0. The van der Waals surface area contributed by atoms with Crippen molar-refractivity contribution in [3.8, 4) is 5.69 Å². The van der Waals surface area contributed by atoms with Crippen molar-refractivity contribution in [1.29, 1.82) is 0 Å². The van der Waals surface area contributed by atoms with Crippen LogP contribution in [0, 0.1) is 0 Å². The number of nitrogens with zero attached hydrogens (tertiary/aromatic N) is 3. The number of rotatable bonds is 4. The van der Waals surface area contributed by atoms with Gasteiger partial charge in [-0.1, -0.05) is 18.2 Å². The van der Waals surface area contributed by atoms with Crippen LogP contribution >= 0.6 is 0 Å². The molecule has 0 spiro atoms. The lowest BCUT2D eigenvalue weighted by Crippen LogP contribution is -2.20. The highest BCUT2D eigenvalue weighted by Gasteiger charge is 2.16. The second kappa shape index (κ2) is 5.50. The third-order valence-electron chi connectivity index (χ3n) is 2.59. The van der Waals surface area contributed by atoms with Crippen molar-refractivity contribution in [3.05, 3.63) is 42.0 Å². The topological polar surface area (TPSA) is 60.2 Å². The van der Waals surface area contributed by atoms with Crippen molar-refractivity contribution in [2.75, 3.05) is 0 Å². The Hall–Kier alpha value is -1.72. The van der Waals surface area contributed by atoms with E-state index in [4.69, 9.17) is 4.74 Å². The van der Waals surface area contributed by atoms with E-state index in [0.717, 1.165) is 5.69 Å². The van der Waals surface area contributed by atoms with E-state index in [1.165, 1.54) is 0 Å². The van der Waals surface area contributed by atoms with Crippen LogP contribution in [0.4, 0.5) is 0 Å². The quantitative estimate of drug-likeness (QED) is 0.915. The van der Waals surface area contributed by atoms with Crippen LogP contribution in [0.3, 0.4) is 0 Å². The molecule has 0 aliphatic heterocycles. The van der Waals surface area contributed by atoms with Crippen LogP contribution in [-0.4, -0.2) is 25.5 Å². The zero-order valence-electron chi connectivity index (χ0n) is 11.5. The highest BCUT2D eigenvalue weighted by Crippen LogP contribution is 2.16. The Morgan fingerprint density at radius 1 is 1.11 bits per heavy atom. The molecular formula is C14H19N3O2. The normalized spacial score (nSPS) is 11.8. The maximum atomic E-state index is 9.36. The molecule has 5 heteroatoms. The van der Waals surface area contributed by atoms with Crippen molar-refractivity contribution in [2.45, 2.75) is 39.6 Å². The predicted octanol–water partition coefficient (Wildman–Crippen LogP) is 2.07. The SMILES string of the molecule is CC(C)(C)OCc1nnc(CO)n1-c1ccccc1. The van der Waals surface area contributed by atoms with Gasteiger partial charge in [0.05, 0.1) is 5.60 Å². The molecule has 0 atom stereocenters. The van der Waals surface area contributed by atoms with Gasteiger partial charge in [-0.05, 0) is 32.9 Å². The molecule has 19 heavy (non-hydrogen) atoms. The molecule has 1 heterocycles. The first-order valence-corrected chi connectivity index (χ1v) is 6.24. The average Bonchev–Trinajstić information content (AvgIpc) is 2.79. The van der Waals surface area contributed by atoms with E-state index in [-0.39, 0.29) is 12.2 Å². The third kappa shape index (κ3) is 3.39. The maximum Gasteiger partial charge on any atom is 0.163 e. The standard InChI is InChI=1S/C14H19N3O2/c1-14(2,3)19-10-13-16-15-12(9-18)17(13)11-7-5-4-6-8-11/h4-8,18H,9-10H2,1-3H3. The molecule has 0 unspecified atom stereocenters. The summed E-state index contributed by atoms with van der Waals surface area (Å²) in [5, 5.41) is 17.4. The number of para-hydroxylation sites is 1. The predicted molar refractivity (Wildman–Crippen MR) is 71.8 cm³/mol. The van der Waals surface area contributed by atoms with Gasteiger partial charge in [0.25, 0.3) is 0 Å². The van der Waals surface area contributed by atoms with Gasteiger partial charge in [-0.2, -0.15) is 0 Å². The number of benzene rings is 1. The molecule has 1 aromatic heterocycles. The molecule has 1 aromatic carbocycles. The fraction of sp³-hybridized carbons (Fsp3) is 0.429. The van der Waals surface area contributed by atoms with Crippen LogP contribution < -0.4 is 0 Å². The smallest absolute Gasteiger partial charge is 0.163 e. The zero-order valence-corrected chi connectivity index (χ0v) is 11.5. The third-order valence-corrected chi connectivity index (χ3v) is 2.59. The number of hydrogen-bond acceptors (Lipinski definition) is 4. The molecule has 2 aromatic rings. The Balaban J connectivity index is 2.33. The van der Waals surface area contributed by atoms with Gasteiger partial charge in [-0.15, -0.1) is 10.2 Å². The molecule has 0 bridgehead atoms. The van der Waals surface area contributed by atoms with Crippen LogP contribution in [0.25, 0.3) is 5.69 Å². The summed E-state index contributed by atoms with van der Waals surface area (Å²) in [7, 11) is 0. The van der Waals surface area contributed by atoms with Crippen molar-refractivity contribution in [2.24, 2.45) is 0 Å². The molecule has 1 N–H and O–H groups in total. The Bertz CT molecular complexity index is 529. The Morgan fingerprint density at radius 2 is 1.74 bits per heavy atom. The number of aromatic nitrogens is 3. The fourth-order valence-corrected chi connectivity index (χ4v) is 1.71. The average molecular weight is 261 g/mol. The van der Waals surface area contributed by atoms with E-state index in [1.807, 2.05) is 55.7 Å². The monoisotopic (exact) mass is 261 g/mol. The van der Waals surface area contributed by atoms with Gasteiger partial charge in [0.15, 0.2) is 11.6 Å². The molecule has 0 amide bonds. The molecule has 0 saturated heterocycles. The van der Waals surface area contributed by atoms with Crippen molar-refractivity contribution in [1.82, 2.24) is 14.8 Å². The van der Waals surface area contributed by atoms with Gasteiger partial charge >= 0.3 is 0 Å². The molecule has 0 aliphatic carbocycles. The van der Waals surface area contributed by atoms with E-state index in [1.54, 1.807) is 0 Å². The second-order valence-corrected chi connectivity index (χ2v) is 5.26. The van der Waals surface area contributed by atoms with Gasteiger partial charge in [0.2, 0.25) is 0 Å². The zero-order chi connectivity index (χ0) is 13.9. The van der Waals surface area contributed by atoms with Crippen LogP contribution in [0.2, 0.25) is 0 Å². The Morgan fingerprint density at radius 3 is 2.32 bits per heavy atom. The minimum atomic E-state index is -0.243. The summed E-state index contributed by atoms with van der Waals surface area (Å²) in [6.45, 7) is 6.17. The highest BCUT2D eigenvalue weighted by atomic mass is 16.5. The Kier molecular flexibility index (Phi) is 3.97.